The molecule has 6 rings (SSSR count). The van der Waals surface area contributed by atoms with Crippen LogP contribution in [0.4, 0.5) is 0 Å². The van der Waals surface area contributed by atoms with Crippen molar-refractivity contribution in [3.8, 4) is 0 Å². The molecule has 0 heterocycles. The lowest BCUT2D eigenvalue weighted by molar-refractivity contribution is -0.154. The maximum Gasteiger partial charge on any atom is 0.171 e. The fourth-order valence-electron chi connectivity index (χ4n) is 12.7. The number of fused-ring (bicyclic) bond motifs is 6. The first-order chi connectivity index (χ1) is 19.9. The van der Waals surface area contributed by atoms with Gasteiger partial charge in [-0.25, -0.2) is 0 Å². The summed E-state index contributed by atoms with van der Waals surface area (Å²) in [4.78, 5) is 28.3. The first kappa shape index (κ1) is 31.5. The molecule has 0 bridgehead atoms. The zero-order chi connectivity index (χ0) is 31.4. The van der Waals surface area contributed by atoms with Gasteiger partial charge in [-0.05, 0) is 140 Å². The number of hydrogen-bond acceptors (Lipinski definition) is 3. The van der Waals surface area contributed by atoms with Crippen LogP contribution in [0.2, 0.25) is 0 Å². The van der Waals surface area contributed by atoms with Crippen molar-refractivity contribution >= 4 is 11.6 Å². The van der Waals surface area contributed by atoms with Crippen molar-refractivity contribution < 1.29 is 14.7 Å². The summed E-state index contributed by atoms with van der Waals surface area (Å²) in [5.41, 5.74) is 2.06. The van der Waals surface area contributed by atoms with Gasteiger partial charge < -0.3 is 5.11 Å². The minimum Gasteiger partial charge on any atom is -0.385 e. The average Bonchev–Trinajstić information content (AvgIpc) is 2.95. The van der Waals surface area contributed by atoms with Crippen LogP contribution in [0.1, 0.15) is 132 Å². The molecule has 0 aromatic rings. The minimum absolute atomic E-state index is 0.0595. The Bertz CT molecular complexity index is 1260. The van der Waals surface area contributed by atoms with E-state index in [9.17, 15) is 14.7 Å². The van der Waals surface area contributed by atoms with Crippen LogP contribution in [-0.2, 0) is 9.59 Å². The van der Waals surface area contributed by atoms with Crippen LogP contribution in [0.5, 0.6) is 0 Å². The van der Waals surface area contributed by atoms with Gasteiger partial charge in [0.05, 0.1) is 5.92 Å². The molecule has 0 aromatic heterocycles. The second kappa shape index (κ2) is 10.0. The predicted octanol–water partition coefficient (Wildman–Crippen LogP) is 9.45. The molecule has 238 valence electrons. The second-order valence-electron chi connectivity index (χ2n) is 18.4. The van der Waals surface area contributed by atoms with E-state index in [-0.39, 0.29) is 33.7 Å². The highest BCUT2D eigenvalue weighted by atomic mass is 16.3. The molecular weight excluding hydrogens is 528 g/mol. The van der Waals surface area contributed by atoms with Crippen molar-refractivity contribution in [2.24, 2.45) is 62.1 Å². The average molecular weight is 589 g/mol. The van der Waals surface area contributed by atoms with Gasteiger partial charge in [-0.2, -0.15) is 0 Å². The molecule has 0 aromatic carbocycles. The molecule has 6 aliphatic carbocycles. The first-order valence-electron chi connectivity index (χ1n) is 17.8. The zero-order valence-electron chi connectivity index (χ0n) is 28.5. The van der Waals surface area contributed by atoms with Crippen LogP contribution in [0.25, 0.3) is 0 Å². The van der Waals surface area contributed by atoms with E-state index in [0.717, 1.165) is 57.3 Å². The molecule has 1 N–H and O–H groups in total. The van der Waals surface area contributed by atoms with Crippen LogP contribution < -0.4 is 0 Å². The summed E-state index contributed by atoms with van der Waals surface area (Å²) in [7, 11) is 0. The molecular formula is C40H60O3. The van der Waals surface area contributed by atoms with Crippen molar-refractivity contribution in [2.45, 2.75) is 138 Å². The van der Waals surface area contributed by atoms with Crippen LogP contribution in [0, 0.1) is 62.1 Å². The molecule has 5 saturated carbocycles. The highest BCUT2D eigenvalue weighted by Crippen LogP contribution is 2.68. The Morgan fingerprint density at radius 3 is 2.35 bits per heavy atom. The molecule has 11 atom stereocenters. The summed E-state index contributed by atoms with van der Waals surface area (Å²) in [6.45, 7) is 25.1. The highest BCUT2D eigenvalue weighted by molar-refractivity contribution is 6.03. The molecule has 5 fully saturated rings. The normalized spacial score (nSPS) is 49.9. The van der Waals surface area contributed by atoms with Crippen molar-refractivity contribution in [1.29, 1.82) is 0 Å². The van der Waals surface area contributed by atoms with E-state index in [1.165, 1.54) is 31.3 Å². The molecule has 1 unspecified atom stereocenters. The third kappa shape index (κ3) is 4.51. The quantitative estimate of drug-likeness (QED) is 0.263. The number of ketones is 2. The smallest absolute Gasteiger partial charge is 0.171 e. The number of allylic oxidation sites excluding steroid dienone is 4. The van der Waals surface area contributed by atoms with Crippen LogP contribution in [0.3, 0.4) is 0 Å². The fourth-order valence-corrected chi connectivity index (χ4v) is 12.7. The van der Waals surface area contributed by atoms with E-state index < -0.39 is 17.4 Å². The number of rotatable bonds is 4. The van der Waals surface area contributed by atoms with Crippen LogP contribution in [-0.4, -0.2) is 22.8 Å². The lowest BCUT2D eigenvalue weighted by atomic mass is 9.41. The Hall–Kier alpha value is -1.48. The summed E-state index contributed by atoms with van der Waals surface area (Å²) in [6, 6.07) is 0. The topological polar surface area (TPSA) is 54.4 Å². The van der Waals surface area contributed by atoms with Crippen molar-refractivity contribution in [3.05, 3.63) is 36.5 Å². The molecule has 3 nitrogen and oxygen atoms in total. The Kier molecular flexibility index (Phi) is 7.33. The van der Waals surface area contributed by atoms with Gasteiger partial charge in [0.25, 0.3) is 0 Å². The zero-order valence-corrected chi connectivity index (χ0v) is 28.5. The Balaban J connectivity index is 1.25. The van der Waals surface area contributed by atoms with Gasteiger partial charge in [0.1, 0.15) is 6.10 Å². The van der Waals surface area contributed by atoms with Gasteiger partial charge in [-0.1, -0.05) is 72.3 Å². The number of carbonyl (C=O) groups is 2. The highest BCUT2D eigenvalue weighted by Gasteiger charge is 2.62. The van der Waals surface area contributed by atoms with Crippen molar-refractivity contribution in [2.75, 3.05) is 0 Å². The second-order valence-corrected chi connectivity index (χ2v) is 18.4. The Labute approximate surface area is 262 Å². The Morgan fingerprint density at radius 1 is 0.930 bits per heavy atom. The van der Waals surface area contributed by atoms with Crippen LogP contribution in [0.15, 0.2) is 36.5 Å². The maximum absolute atomic E-state index is 14.4. The van der Waals surface area contributed by atoms with E-state index in [1.807, 2.05) is 6.92 Å². The molecule has 0 amide bonds. The number of aliphatic hydroxyl groups is 1. The minimum atomic E-state index is -1.27. The molecule has 0 aliphatic heterocycles. The largest absolute Gasteiger partial charge is 0.385 e. The molecule has 6 aliphatic rings. The van der Waals surface area contributed by atoms with Gasteiger partial charge in [0, 0.05) is 5.41 Å². The fraction of sp³-hybridized carbons (Fsp3) is 0.800. The Morgan fingerprint density at radius 2 is 1.65 bits per heavy atom. The summed E-state index contributed by atoms with van der Waals surface area (Å²) < 4.78 is 0. The van der Waals surface area contributed by atoms with Gasteiger partial charge >= 0.3 is 0 Å². The monoisotopic (exact) mass is 588 g/mol. The first-order valence-corrected chi connectivity index (χ1v) is 17.8. The van der Waals surface area contributed by atoms with Gasteiger partial charge in [-0.3, -0.25) is 9.59 Å². The van der Waals surface area contributed by atoms with Gasteiger partial charge in [0.15, 0.2) is 11.6 Å². The SMILES string of the molecule is C=C[C@@]1(C)CC[C@@]2(C)[C@@H](CC[C@]3(C)C(=C)C(=O)[C@@H](C(O)C(=O)[C@@]4(C)C=C5CC[C@H]6C(C)(C)CCC[C@]6(C)[C@H]5CC4)C[C@H]23)C1. The molecule has 0 radical (unpaired) electrons. The predicted molar refractivity (Wildman–Crippen MR) is 175 cm³/mol. The molecule has 0 spiro atoms. The van der Waals surface area contributed by atoms with E-state index in [4.69, 9.17) is 0 Å². The summed E-state index contributed by atoms with van der Waals surface area (Å²) in [5.74, 6) is 1.20. The van der Waals surface area contributed by atoms with Crippen molar-refractivity contribution in [1.82, 2.24) is 0 Å². The van der Waals surface area contributed by atoms with Crippen LogP contribution >= 0.6 is 0 Å². The van der Waals surface area contributed by atoms with E-state index in [1.54, 1.807) is 0 Å². The van der Waals surface area contributed by atoms with E-state index in [0.29, 0.717) is 34.7 Å². The van der Waals surface area contributed by atoms with Gasteiger partial charge in [-0.15, -0.1) is 6.58 Å². The van der Waals surface area contributed by atoms with E-state index >= 15 is 0 Å². The molecule has 0 saturated heterocycles. The lowest BCUT2D eigenvalue weighted by Gasteiger charge is -2.63. The van der Waals surface area contributed by atoms with E-state index in [2.05, 4.69) is 66.9 Å². The molecule has 43 heavy (non-hydrogen) atoms. The summed E-state index contributed by atoms with van der Waals surface area (Å²) in [6.07, 6.45) is 17.1. The molecule has 3 heteroatoms. The summed E-state index contributed by atoms with van der Waals surface area (Å²) >= 11 is 0. The lowest BCUT2D eigenvalue weighted by Crippen LogP contribution is -2.59. The summed E-state index contributed by atoms with van der Waals surface area (Å²) in [5, 5.41) is 11.9. The number of carbonyl (C=O) groups excluding carboxylic acids is 2. The third-order valence-electron chi connectivity index (χ3n) is 15.7. The standard InChI is InChI=1S/C40H60O3/c1-10-36(5)20-21-39(8)27(24-36)14-19-38(7)25(2)32(41)28(22-31(38)39)33(42)34(43)37(6)18-15-29-26(23-37)12-13-30-35(3,4)16-11-17-40(29,30)9/h10,23,27-31,33,42H,1-2,11-22,24H2,3-9H3/t27-,28-,29-,30-,31-,33?,36-,37+,38+,39-,40+/m0/s1. The number of aliphatic hydroxyl groups excluding tert-OH is 1. The van der Waals surface area contributed by atoms with Gasteiger partial charge in [0.2, 0.25) is 0 Å². The number of hydrogen-bond donors (Lipinski definition) is 1. The third-order valence-corrected chi connectivity index (χ3v) is 15.7. The number of Topliss-reactive ketones (excluding diaryl/α,β-unsaturated/α-hetero) is 2. The maximum atomic E-state index is 14.4. The van der Waals surface area contributed by atoms with Crippen molar-refractivity contribution in [3.63, 3.8) is 0 Å².